The monoisotopic (exact) mass is 224 g/mol. The largest absolute Gasteiger partial charge is 0.490 e. The van der Waals surface area contributed by atoms with Crippen molar-refractivity contribution < 1.29 is 27.4 Å². The first kappa shape index (κ1) is 12.0. The number of methoxy groups -OCH3 is 1. The summed E-state index contributed by atoms with van der Waals surface area (Å²) in [5.41, 5.74) is 0. The van der Waals surface area contributed by atoms with E-state index in [1.807, 2.05) is 0 Å². The summed E-state index contributed by atoms with van der Waals surface area (Å²) in [6, 6.07) is 0. The van der Waals surface area contributed by atoms with E-state index in [4.69, 9.17) is 4.74 Å². The number of halogens is 3. The third-order valence-corrected chi connectivity index (χ3v) is 2.07. The second kappa shape index (κ2) is 4.65. The highest BCUT2D eigenvalue weighted by Gasteiger charge is 2.42. The maximum atomic E-state index is 11.8. The van der Waals surface area contributed by atoms with Crippen LogP contribution in [0.15, 0.2) is 12.2 Å². The normalized spacial score (nSPS) is 26.4. The molecule has 0 aliphatic heterocycles. The van der Waals surface area contributed by atoms with Gasteiger partial charge in [0.05, 0.1) is 6.10 Å². The van der Waals surface area contributed by atoms with Gasteiger partial charge in [-0.1, -0.05) is 6.08 Å². The van der Waals surface area contributed by atoms with Crippen LogP contribution in [-0.2, 0) is 14.3 Å². The van der Waals surface area contributed by atoms with Gasteiger partial charge in [0.25, 0.3) is 0 Å². The Morgan fingerprint density at radius 3 is 2.20 bits per heavy atom. The van der Waals surface area contributed by atoms with Crippen LogP contribution in [0.3, 0.4) is 0 Å². The molecule has 0 unspecified atom stereocenters. The number of hydrogen-bond donors (Lipinski definition) is 0. The number of alkyl halides is 3. The van der Waals surface area contributed by atoms with E-state index in [0.29, 0.717) is 12.8 Å². The fraction of sp³-hybridized carbons (Fsp3) is 0.667. The third kappa shape index (κ3) is 3.54. The Hall–Kier alpha value is -1.04. The van der Waals surface area contributed by atoms with Crippen molar-refractivity contribution >= 4 is 5.97 Å². The van der Waals surface area contributed by atoms with Crippen LogP contribution in [0.25, 0.3) is 0 Å². The van der Waals surface area contributed by atoms with Gasteiger partial charge >= 0.3 is 12.1 Å². The van der Waals surface area contributed by atoms with Gasteiger partial charge in [0, 0.05) is 7.11 Å². The quantitative estimate of drug-likeness (QED) is 0.530. The fourth-order valence-electron chi connectivity index (χ4n) is 1.27. The highest BCUT2D eigenvalue weighted by molar-refractivity contribution is 5.75. The smallest absolute Gasteiger partial charge is 0.451 e. The first-order valence-electron chi connectivity index (χ1n) is 4.42. The van der Waals surface area contributed by atoms with Crippen LogP contribution in [0.4, 0.5) is 13.2 Å². The predicted molar refractivity (Wildman–Crippen MR) is 45.1 cm³/mol. The minimum atomic E-state index is -4.92. The topological polar surface area (TPSA) is 35.5 Å². The molecule has 6 heteroatoms. The summed E-state index contributed by atoms with van der Waals surface area (Å²) >= 11 is 0. The molecule has 0 saturated carbocycles. The van der Waals surface area contributed by atoms with Gasteiger partial charge in [0.2, 0.25) is 0 Å². The van der Waals surface area contributed by atoms with Crippen molar-refractivity contribution in [3.63, 3.8) is 0 Å². The Balaban J connectivity index is 2.45. The molecule has 0 fully saturated rings. The molecule has 0 aromatic rings. The molecular weight excluding hydrogens is 213 g/mol. The number of rotatable bonds is 2. The van der Waals surface area contributed by atoms with Gasteiger partial charge < -0.3 is 9.47 Å². The van der Waals surface area contributed by atoms with Crippen LogP contribution < -0.4 is 0 Å². The molecule has 0 heterocycles. The Labute approximate surface area is 84.8 Å². The lowest BCUT2D eigenvalue weighted by molar-refractivity contribution is -0.203. The molecule has 0 saturated heterocycles. The molecule has 1 aliphatic rings. The maximum Gasteiger partial charge on any atom is 0.490 e. The van der Waals surface area contributed by atoms with E-state index in [2.05, 4.69) is 4.74 Å². The van der Waals surface area contributed by atoms with Gasteiger partial charge in [-0.15, -0.1) is 0 Å². The molecule has 1 rings (SSSR count). The summed E-state index contributed by atoms with van der Waals surface area (Å²) in [7, 11) is 1.51. The van der Waals surface area contributed by atoms with Crippen molar-refractivity contribution in [3.05, 3.63) is 12.2 Å². The van der Waals surface area contributed by atoms with Gasteiger partial charge in [-0.2, -0.15) is 13.2 Å². The SMILES string of the molecule is CO[C@H]1C=C[C@H](OC(=O)C(F)(F)F)CC1. The summed E-state index contributed by atoms with van der Waals surface area (Å²) in [5.74, 6) is -2.15. The zero-order valence-electron chi connectivity index (χ0n) is 8.08. The molecule has 0 N–H and O–H groups in total. The second-order valence-electron chi connectivity index (χ2n) is 3.18. The Kier molecular flexibility index (Phi) is 3.73. The molecule has 0 amide bonds. The molecule has 3 nitrogen and oxygen atoms in total. The van der Waals surface area contributed by atoms with E-state index in [1.165, 1.54) is 13.2 Å². The van der Waals surface area contributed by atoms with Crippen LogP contribution in [0, 0.1) is 0 Å². The van der Waals surface area contributed by atoms with Crippen molar-refractivity contribution in [3.8, 4) is 0 Å². The van der Waals surface area contributed by atoms with E-state index in [-0.39, 0.29) is 6.10 Å². The standard InChI is InChI=1S/C9H11F3O3/c1-14-6-2-4-7(5-3-6)15-8(13)9(10,11)12/h2,4,6-7H,3,5H2,1H3/t6-,7-/m0/s1. The molecule has 1 aliphatic carbocycles. The molecular formula is C9H11F3O3. The number of carbonyl (C=O) groups is 1. The first-order valence-corrected chi connectivity index (χ1v) is 4.42. The Bertz CT molecular complexity index is 260. The van der Waals surface area contributed by atoms with Crippen molar-refractivity contribution in [2.75, 3.05) is 7.11 Å². The number of hydrogen-bond acceptors (Lipinski definition) is 3. The Morgan fingerprint density at radius 1 is 1.27 bits per heavy atom. The summed E-state index contributed by atoms with van der Waals surface area (Å²) < 4.78 is 44.7. The fourth-order valence-corrected chi connectivity index (χ4v) is 1.27. The average Bonchev–Trinajstić information content (AvgIpc) is 2.17. The molecule has 0 aromatic heterocycles. The molecule has 2 atom stereocenters. The van der Waals surface area contributed by atoms with E-state index < -0.39 is 18.2 Å². The Morgan fingerprint density at radius 2 is 1.80 bits per heavy atom. The van der Waals surface area contributed by atoms with Crippen LogP contribution >= 0.6 is 0 Å². The van der Waals surface area contributed by atoms with Crippen molar-refractivity contribution in [2.45, 2.75) is 31.2 Å². The van der Waals surface area contributed by atoms with Crippen molar-refractivity contribution in [1.29, 1.82) is 0 Å². The number of esters is 1. The van der Waals surface area contributed by atoms with Gasteiger partial charge in [-0.3, -0.25) is 0 Å². The molecule has 0 aromatic carbocycles. The molecule has 86 valence electrons. The van der Waals surface area contributed by atoms with Gasteiger partial charge in [-0.25, -0.2) is 4.79 Å². The van der Waals surface area contributed by atoms with Gasteiger partial charge in [0.15, 0.2) is 0 Å². The minimum Gasteiger partial charge on any atom is -0.451 e. The lowest BCUT2D eigenvalue weighted by Crippen LogP contribution is -2.31. The highest BCUT2D eigenvalue weighted by Crippen LogP contribution is 2.22. The van der Waals surface area contributed by atoms with Crippen molar-refractivity contribution in [2.24, 2.45) is 0 Å². The van der Waals surface area contributed by atoms with E-state index >= 15 is 0 Å². The van der Waals surface area contributed by atoms with Crippen molar-refractivity contribution in [1.82, 2.24) is 0 Å². The lowest BCUT2D eigenvalue weighted by atomic mass is 10.0. The number of ether oxygens (including phenoxy) is 2. The number of carbonyl (C=O) groups excluding carboxylic acids is 1. The van der Waals surface area contributed by atoms with E-state index in [1.54, 1.807) is 6.08 Å². The van der Waals surface area contributed by atoms with Crippen LogP contribution in [-0.4, -0.2) is 31.5 Å². The van der Waals surface area contributed by atoms with Crippen LogP contribution in [0.1, 0.15) is 12.8 Å². The van der Waals surface area contributed by atoms with E-state index in [0.717, 1.165) is 0 Å². The molecule has 0 radical (unpaired) electrons. The minimum absolute atomic E-state index is 0.106. The lowest BCUT2D eigenvalue weighted by Gasteiger charge is -2.22. The summed E-state index contributed by atoms with van der Waals surface area (Å²) in [5, 5.41) is 0. The molecule has 0 bridgehead atoms. The second-order valence-corrected chi connectivity index (χ2v) is 3.18. The summed E-state index contributed by atoms with van der Waals surface area (Å²) in [6.45, 7) is 0. The zero-order valence-corrected chi connectivity index (χ0v) is 8.08. The van der Waals surface area contributed by atoms with Gasteiger partial charge in [-0.05, 0) is 18.9 Å². The predicted octanol–water partition coefficient (Wildman–Crippen LogP) is 1.83. The third-order valence-electron chi connectivity index (χ3n) is 2.07. The van der Waals surface area contributed by atoms with Gasteiger partial charge in [0.1, 0.15) is 6.10 Å². The highest BCUT2D eigenvalue weighted by atomic mass is 19.4. The van der Waals surface area contributed by atoms with Crippen LogP contribution in [0.5, 0.6) is 0 Å². The first-order chi connectivity index (χ1) is 6.93. The molecule has 15 heavy (non-hydrogen) atoms. The summed E-state index contributed by atoms with van der Waals surface area (Å²) in [4.78, 5) is 10.5. The van der Waals surface area contributed by atoms with Crippen LogP contribution in [0.2, 0.25) is 0 Å². The average molecular weight is 224 g/mol. The molecule has 0 spiro atoms. The zero-order chi connectivity index (χ0) is 11.5. The van der Waals surface area contributed by atoms with E-state index in [9.17, 15) is 18.0 Å². The summed E-state index contributed by atoms with van der Waals surface area (Å²) in [6.07, 6.45) is -1.93. The maximum absolute atomic E-state index is 11.8.